The molecule has 0 amide bonds. The van der Waals surface area contributed by atoms with Gasteiger partial charge in [0.1, 0.15) is 0 Å². The Hall–Kier alpha value is -0.470. The average molecular weight is 235 g/mol. The van der Waals surface area contributed by atoms with Crippen molar-refractivity contribution in [3.63, 3.8) is 0 Å². The van der Waals surface area contributed by atoms with Gasteiger partial charge in [-0.2, -0.15) is 11.8 Å². The number of benzene rings is 1. The molecule has 1 aromatic rings. The van der Waals surface area contributed by atoms with E-state index in [1.165, 1.54) is 49.2 Å². The molecule has 0 bridgehead atoms. The Labute approximate surface area is 103 Å². The van der Waals surface area contributed by atoms with Crippen LogP contribution in [0.25, 0.3) is 0 Å². The van der Waals surface area contributed by atoms with Crippen molar-refractivity contribution in [3.8, 4) is 0 Å². The molecule has 1 N–H and O–H groups in total. The van der Waals surface area contributed by atoms with E-state index in [1.807, 2.05) is 0 Å². The summed E-state index contributed by atoms with van der Waals surface area (Å²) in [5.41, 5.74) is 2.83. The lowest BCUT2D eigenvalue weighted by atomic mass is 10.1. The third-order valence-electron chi connectivity index (χ3n) is 3.15. The maximum absolute atomic E-state index is 3.42. The van der Waals surface area contributed by atoms with Crippen LogP contribution in [0.15, 0.2) is 24.3 Å². The number of rotatable bonds is 4. The molecule has 0 unspecified atom stereocenters. The molecular weight excluding hydrogens is 214 g/mol. The zero-order valence-electron chi connectivity index (χ0n) is 10.0. The smallest absolute Gasteiger partial charge is 0.00713 e. The zero-order chi connectivity index (χ0) is 11.2. The standard InChI is InChI=1S/C14H21NS/c1-12-2-4-13(5-3-12)8-11-16-14-6-9-15-10-7-14/h2-5,14-15H,6-11H2,1H3. The molecule has 0 spiro atoms. The van der Waals surface area contributed by atoms with Gasteiger partial charge in [0.25, 0.3) is 0 Å². The van der Waals surface area contributed by atoms with Gasteiger partial charge in [0.05, 0.1) is 0 Å². The van der Waals surface area contributed by atoms with E-state index in [1.54, 1.807) is 0 Å². The van der Waals surface area contributed by atoms with Gasteiger partial charge in [0.2, 0.25) is 0 Å². The molecule has 1 aliphatic rings. The quantitative estimate of drug-likeness (QED) is 0.861. The van der Waals surface area contributed by atoms with Crippen molar-refractivity contribution < 1.29 is 0 Å². The molecule has 2 rings (SSSR count). The number of aryl methyl sites for hydroxylation is 2. The maximum Gasteiger partial charge on any atom is 0.00713 e. The summed E-state index contributed by atoms with van der Waals surface area (Å²) in [5.74, 6) is 1.27. The summed E-state index contributed by atoms with van der Waals surface area (Å²) in [6, 6.07) is 8.95. The number of hydrogen-bond donors (Lipinski definition) is 1. The SMILES string of the molecule is Cc1ccc(CCSC2CCNCC2)cc1. The van der Waals surface area contributed by atoms with E-state index in [0.717, 1.165) is 5.25 Å². The third-order valence-corrected chi connectivity index (χ3v) is 4.53. The first-order chi connectivity index (χ1) is 7.84. The van der Waals surface area contributed by atoms with E-state index in [-0.39, 0.29) is 0 Å². The molecule has 1 fully saturated rings. The number of thioether (sulfide) groups is 1. The van der Waals surface area contributed by atoms with Gasteiger partial charge >= 0.3 is 0 Å². The minimum Gasteiger partial charge on any atom is -0.317 e. The van der Waals surface area contributed by atoms with E-state index < -0.39 is 0 Å². The predicted octanol–water partition coefficient (Wildman–Crippen LogP) is 3.02. The van der Waals surface area contributed by atoms with Crippen LogP contribution in [0.3, 0.4) is 0 Å². The van der Waals surface area contributed by atoms with Crippen molar-refractivity contribution >= 4 is 11.8 Å². The molecular formula is C14H21NS. The van der Waals surface area contributed by atoms with Gasteiger partial charge in [-0.25, -0.2) is 0 Å². The van der Waals surface area contributed by atoms with Gasteiger partial charge < -0.3 is 5.32 Å². The van der Waals surface area contributed by atoms with Crippen LogP contribution >= 0.6 is 11.8 Å². The summed E-state index contributed by atoms with van der Waals surface area (Å²) in [4.78, 5) is 0. The Kier molecular flexibility index (Phi) is 4.73. The fourth-order valence-corrected chi connectivity index (χ4v) is 3.32. The first-order valence-corrected chi connectivity index (χ1v) is 7.27. The van der Waals surface area contributed by atoms with E-state index in [0.29, 0.717) is 0 Å². The second-order valence-corrected chi connectivity index (χ2v) is 5.96. The first-order valence-electron chi connectivity index (χ1n) is 6.22. The fourth-order valence-electron chi connectivity index (χ4n) is 2.06. The van der Waals surface area contributed by atoms with Crippen molar-refractivity contribution in [2.24, 2.45) is 0 Å². The molecule has 2 heteroatoms. The largest absolute Gasteiger partial charge is 0.317 e. The van der Waals surface area contributed by atoms with Gasteiger partial charge in [-0.05, 0) is 50.6 Å². The molecule has 1 nitrogen and oxygen atoms in total. The topological polar surface area (TPSA) is 12.0 Å². The lowest BCUT2D eigenvalue weighted by Crippen LogP contribution is -2.29. The van der Waals surface area contributed by atoms with Crippen LogP contribution in [0.2, 0.25) is 0 Å². The van der Waals surface area contributed by atoms with Crippen molar-refractivity contribution in [1.29, 1.82) is 0 Å². The highest BCUT2D eigenvalue weighted by molar-refractivity contribution is 7.99. The van der Waals surface area contributed by atoms with Crippen LogP contribution in [0.5, 0.6) is 0 Å². The normalized spacial score (nSPS) is 17.6. The Morgan fingerprint density at radius 2 is 1.88 bits per heavy atom. The number of piperidine rings is 1. The van der Waals surface area contributed by atoms with Crippen LogP contribution in [0.1, 0.15) is 24.0 Å². The van der Waals surface area contributed by atoms with Crippen molar-refractivity contribution in [2.45, 2.75) is 31.4 Å². The lowest BCUT2D eigenvalue weighted by molar-refractivity contribution is 0.531. The van der Waals surface area contributed by atoms with Crippen LogP contribution in [0.4, 0.5) is 0 Å². The third kappa shape index (κ3) is 3.84. The number of nitrogens with one attached hydrogen (secondary N) is 1. The van der Waals surface area contributed by atoms with Crippen molar-refractivity contribution in [3.05, 3.63) is 35.4 Å². The molecule has 1 aromatic carbocycles. The molecule has 16 heavy (non-hydrogen) atoms. The highest BCUT2D eigenvalue weighted by Gasteiger charge is 2.12. The van der Waals surface area contributed by atoms with Gasteiger partial charge in [-0.1, -0.05) is 29.8 Å². The fraction of sp³-hybridized carbons (Fsp3) is 0.571. The van der Waals surface area contributed by atoms with Gasteiger partial charge in [-0.3, -0.25) is 0 Å². The van der Waals surface area contributed by atoms with Crippen molar-refractivity contribution in [2.75, 3.05) is 18.8 Å². The average Bonchev–Trinajstić information content (AvgIpc) is 2.33. The highest BCUT2D eigenvalue weighted by atomic mass is 32.2. The molecule has 88 valence electrons. The Balaban J connectivity index is 1.69. The summed E-state index contributed by atoms with van der Waals surface area (Å²) in [7, 11) is 0. The molecule has 1 aliphatic heterocycles. The molecule has 1 heterocycles. The summed E-state index contributed by atoms with van der Waals surface area (Å²) < 4.78 is 0. The molecule has 0 saturated carbocycles. The zero-order valence-corrected chi connectivity index (χ0v) is 10.9. The first kappa shape index (κ1) is 12.0. The van der Waals surface area contributed by atoms with E-state index in [4.69, 9.17) is 0 Å². The van der Waals surface area contributed by atoms with Gasteiger partial charge in [0.15, 0.2) is 0 Å². The van der Waals surface area contributed by atoms with Crippen LogP contribution in [0, 0.1) is 6.92 Å². The maximum atomic E-state index is 3.42. The number of hydrogen-bond acceptors (Lipinski definition) is 2. The second-order valence-electron chi connectivity index (χ2n) is 4.56. The van der Waals surface area contributed by atoms with E-state index >= 15 is 0 Å². The molecule has 0 aliphatic carbocycles. The molecule has 1 saturated heterocycles. The summed E-state index contributed by atoms with van der Waals surface area (Å²) in [6.45, 7) is 4.57. The van der Waals surface area contributed by atoms with Gasteiger partial charge in [0, 0.05) is 5.25 Å². The second kappa shape index (κ2) is 6.31. The molecule has 0 aromatic heterocycles. The minimum atomic E-state index is 0.895. The van der Waals surface area contributed by atoms with Gasteiger partial charge in [-0.15, -0.1) is 0 Å². The Morgan fingerprint density at radius 3 is 2.56 bits per heavy atom. The summed E-state index contributed by atoms with van der Waals surface area (Å²) >= 11 is 2.16. The van der Waals surface area contributed by atoms with Crippen LogP contribution < -0.4 is 5.32 Å². The van der Waals surface area contributed by atoms with Crippen LogP contribution in [-0.4, -0.2) is 24.1 Å². The lowest BCUT2D eigenvalue weighted by Gasteiger charge is -2.21. The van der Waals surface area contributed by atoms with Crippen LogP contribution in [-0.2, 0) is 6.42 Å². The molecule has 0 radical (unpaired) electrons. The highest BCUT2D eigenvalue weighted by Crippen LogP contribution is 2.21. The summed E-state index contributed by atoms with van der Waals surface area (Å²) in [6.07, 6.45) is 3.91. The van der Waals surface area contributed by atoms with E-state index in [9.17, 15) is 0 Å². The van der Waals surface area contributed by atoms with E-state index in [2.05, 4.69) is 48.3 Å². The minimum absolute atomic E-state index is 0.895. The Bertz CT molecular complexity index is 301. The Morgan fingerprint density at radius 1 is 1.19 bits per heavy atom. The monoisotopic (exact) mass is 235 g/mol. The summed E-state index contributed by atoms with van der Waals surface area (Å²) in [5, 5.41) is 4.31. The predicted molar refractivity (Wildman–Crippen MR) is 73.2 cm³/mol. The van der Waals surface area contributed by atoms with Crippen molar-refractivity contribution in [1.82, 2.24) is 5.32 Å². The molecule has 0 atom stereocenters.